The molecule has 0 spiro atoms. The Balaban J connectivity index is 2.36. The van der Waals surface area contributed by atoms with Gasteiger partial charge in [-0.2, -0.15) is 0 Å². The number of hydrogen-bond donors (Lipinski definition) is 1. The molecule has 1 aromatic rings. The molecule has 0 bridgehead atoms. The minimum absolute atomic E-state index is 0.204. The number of methoxy groups -OCH3 is 1. The molecule has 0 aliphatic carbocycles. The molecule has 1 unspecified atom stereocenters. The standard InChI is InChI=1S/C14H23NO3S/c1-4-19(16,17)11-5-10-15-12(2)13-6-8-14(18-3)9-7-13/h6-9,12,15H,4-5,10-11H2,1-3H3. The van der Waals surface area contributed by atoms with Gasteiger partial charge in [-0.15, -0.1) is 0 Å². The van der Waals surface area contributed by atoms with Crippen LogP contribution in [0.5, 0.6) is 5.75 Å². The van der Waals surface area contributed by atoms with E-state index in [2.05, 4.69) is 12.2 Å². The number of rotatable bonds is 8. The van der Waals surface area contributed by atoms with Crippen molar-refractivity contribution in [3.05, 3.63) is 29.8 Å². The van der Waals surface area contributed by atoms with Gasteiger partial charge in [-0.1, -0.05) is 19.1 Å². The first-order valence-electron chi connectivity index (χ1n) is 6.56. The second kappa shape index (κ2) is 7.50. The topological polar surface area (TPSA) is 55.4 Å². The van der Waals surface area contributed by atoms with E-state index < -0.39 is 9.84 Å². The average molecular weight is 285 g/mol. The molecule has 0 saturated carbocycles. The van der Waals surface area contributed by atoms with Crippen molar-refractivity contribution in [3.8, 4) is 5.75 Å². The van der Waals surface area contributed by atoms with E-state index in [4.69, 9.17) is 4.74 Å². The molecule has 108 valence electrons. The number of ether oxygens (including phenoxy) is 1. The summed E-state index contributed by atoms with van der Waals surface area (Å²) in [6, 6.07) is 8.08. The number of benzene rings is 1. The molecule has 1 N–H and O–H groups in total. The number of nitrogens with one attached hydrogen (secondary N) is 1. The van der Waals surface area contributed by atoms with Gasteiger partial charge in [-0.25, -0.2) is 8.42 Å². The largest absolute Gasteiger partial charge is 0.497 e. The van der Waals surface area contributed by atoms with Gasteiger partial charge in [0, 0.05) is 11.8 Å². The molecule has 0 aliphatic rings. The Morgan fingerprint density at radius 1 is 1.26 bits per heavy atom. The molecule has 1 atom stereocenters. The Kier molecular flexibility index (Phi) is 6.31. The molecule has 0 fully saturated rings. The SMILES string of the molecule is CCS(=O)(=O)CCCNC(C)c1ccc(OC)cc1. The van der Waals surface area contributed by atoms with Crippen molar-refractivity contribution in [2.24, 2.45) is 0 Å². The third-order valence-electron chi connectivity index (χ3n) is 3.14. The molecule has 5 heteroatoms. The van der Waals surface area contributed by atoms with Crippen molar-refractivity contribution in [2.45, 2.75) is 26.3 Å². The summed E-state index contributed by atoms with van der Waals surface area (Å²) in [4.78, 5) is 0. The van der Waals surface area contributed by atoms with Gasteiger partial charge < -0.3 is 10.1 Å². The summed E-state index contributed by atoms with van der Waals surface area (Å²) in [5, 5.41) is 3.33. The highest BCUT2D eigenvalue weighted by molar-refractivity contribution is 7.91. The van der Waals surface area contributed by atoms with E-state index in [1.54, 1.807) is 14.0 Å². The van der Waals surface area contributed by atoms with Crippen molar-refractivity contribution >= 4 is 9.84 Å². The van der Waals surface area contributed by atoms with Crippen LogP contribution in [-0.2, 0) is 9.84 Å². The minimum atomic E-state index is -2.85. The molecular formula is C14H23NO3S. The highest BCUT2D eigenvalue weighted by Gasteiger charge is 2.08. The first-order valence-corrected chi connectivity index (χ1v) is 8.38. The fourth-order valence-electron chi connectivity index (χ4n) is 1.77. The van der Waals surface area contributed by atoms with Gasteiger partial charge in [0.25, 0.3) is 0 Å². The third-order valence-corrected chi connectivity index (χ3v) is 4.93. The van der Waals surface area contributed by atoms with Crippen molar-refractivity contribution in [2.75, 3.05) is 25.2 Å². The second-order valence-electron chi connectivity index (χ2n) is 4.54. The van der Waals surface area contributed by atoms with Gasteiger partial charge in [0.2, 0.25) is 0 Å². The maximum absolute atomic E-state index is 11.3. The Hall–Kier alpha value is -1.07. The van der Waals surface area contributed by atoms with E-state index in [-0.39, 0.29) is 17.5 Å². The zero-order valence-electron chi connectivity index (χ0n) is 11.8. The van der Waals surface area contributed by atoms with E-state index in [1.165, 1.54) is 5.56 Å². The summed E-state index contributed by atoms with van der Waals surface area (Å²) >= 11 is 0. The molecule has 0 saturated heterocycles. The fourth-order valence-corrected chi connectivity index (χ4v) is 2.64. The molecule has 0 heterocycles. The summed E-state index contributed by atoms with van der Waals surface area (Å²) in [6.07, 6.45) is 0.649. The number of hydrogen-bond acceptors (Lipinski definition) is 4. The normalized spacial score (nSPS) is 13.2. The van der Waals surface area contributed by atoms with Crippen molar-refractivity contribution < 1.29 is 13.2 Å². The summed E-state index contributed by atoms with van der Waals surface area (Å²) in [7, 11) is -1.20. The van der Waals surface area contributed by atoms with Gasteiger partial charge in [-0.3, -0.25) is 0 Å². The van der Waals surface area contributed by atoms with Crippen LogP contribution in [0, 0.1) is 0 Å². The lowest BCUT2D eigenvalue weighted by Gasteiger charge is -2.14. The quantitative estimate of drug-likeness (QED) is 0.744. The Morgan fingerprint density at radius 2 is 1.89 bits per heavy atom. The molecule has 1 aromatic carbocycles. The molecular weight excluding hydrogens is 262 g/mol. The second-order valence-corrected chi connectivity index (χ2v) is 7.01. The molecule has 19 heavy (non-hydrogen) atoms. The van der Waals surface area contributed by atoms with Gasteiger partial charge in [0.1, 0.15) is 15.6 Å². The molecule has 0 amide bonds. The minimum Gasteiger partial charge on any atom is -0.497 e. The lowest BCUT2D eigenvalue weighted by Crippen LogP contribution is -2.22. The summed E-state index contributed by atoms with van der Waals surface area (Å²) < 4.78 is 27.8. The average Bonchev–Trinajstić information content (AvgIpc) is 2.43. The highest BCUT2D eigenvalue weighted by atomic mass is 32.2. The smallest absolute Gasteiger partial charge is 0.150 e. The van der Waals surface area contributed by atoms with Crippen LogP contribution in [0.2, 0.25) is 0 Å². The van der Waals surface area contributed by atoms with Gasteiger partial charge in [0.05, 0.1) is 12.9 Å². The van der Waals surface area contributed by atoms with E-state index in [1.807, 2.05) is 24.3 Å². The monoisotopic (exact) mass is 285 g/mol. The predicted octanol–water partition coefficient (Wildman–Crippen LogP) is 2.17. The molecule has 0 radical (unpaired) electrons. The number of sulfone groups is 1. The van der Waals surface area contributed by atoms with E-state index in [0.29, 0.717) is 13.0 Å². The lowest BCUT2D eigenvalue weighted by molar-refractivity contribution is 0.414. The van der Waals surface area contributed by atoms with Gasteiger partial charge >= 0.3 is 0 Å². The van der Waals surface area contributed by atoms with Crippen LogP contribution in [0.25, 0.3) is 0 Å². The van der Waals surface area contributed by atoms with Crippen LogP contribution in [0.15, 0.2) is 24.3 Å². The van der Waals surface area contributed by atoms with Crippen molar-refractivity contribution in [3.63, 3.8) is 0 Å². The highest BCUT2D eigenvalue weighted by Crippen LogP contribution is 2.17. The van der Waals surface area contributed by atoms with Crippen LogP contribution in [0.4, 0.5) is 0 Å². The Bertz CT molecular complexity index is 468. The van der Waals surface area contributed by atoms with Gasteiger partial charge in [0.15, 0.2) is 0 Å². The maximum atomic E-state index is 11.3. The Morgan fingerprint density at radius 3 is 2.42 bits per heavy atom. The summed E-state index contributed by atoms with van der Waals surface area (Å²) in [5.41, 5.74) is 1.17. The molecule has 4 nitrogen and oxygen atoms in total. The predicted molar refractivity (Wildman–Crippen MR) is 78.4 cm³/mol. The van der Waals surface area contributed by atoms with E-state index in [9.17, 15) is 8.42 Å². The molecule has 0 aromatic heterocycles. The van der Waals surface area contributed by atoms with Crippen LogP contribution in [0.3, 0.4) is 0 Å². The first-order chi connectivity index (χ1) is 8.98. The van der Waals surface area contributed by atoms with Crippen molar-refractivity contribution in [1.29, 1.82) is 0 Å². The summed E-state index contributed by atoms with van der Waals surface area (Å²) in [5.74, 6) is 1.32. The van der Waals surface area contributed by atoms with Crippen LogP contribution >= 0.6 is 0 Å². The van der Waals surface area contributed by atoms with Crippen LogP contribution in [0.1, 0.15) is 31.9 Å². The zero-order valence-corrected chi connectivity index (χ0v) is 12.7. The maximum Gasteiger partial charge on any atom is 0.150 e. The zero-order chi connectivity index (χ0) is 14.3. The first kappa shape index (κ1) is 16.0. The molecule has 1 rings (SSSR count). The van der Waals surface area contributed by atoms with Crippen molar-refractivity contribution in [1.82, 2.24) is 5.32 Å². The third kappa shape index (κ3) is 5.61. The van der Waals surface area contributed by atoms with E-state index in [0.717, 1.165) is 5.75 Å². The van der Waals surface area contributed by atoms with Crippen LogP contribution in [-0.4, -0.2) is 33.6 Å². The van der Waals surface area contributed by atoms with Gasteiger partial charge in [-0.05, 0) is 37.6 Å². The fraction of sp³-hybridized carbons (Fsp3) is 0.571. The Labute approximate surface area is 116 Å². The summed E-state index contributed by atoms with van der Waals surface area (Å²) in [6.45, 7) is 4.45. The molecule has 0 aliphatic heterocycles. The van der Waals surface area contributed by atoms with E-state index >= 15 is 0 Å². The van der Waals surface area contributed by atoms with Crippen LogP contribution < -0.4 is 10.1 Å². The lowest BCUT2D eigenvalue weighted by atomic mass is 10.1.